The van der Waals surface area contributed by atoms with Crippen LogP contribution in [0.2, 0.25) is 0 Å². The highest BCUT2D eigenvalue weighted by molar-refractivity contribution is 6.06. The lowest BCUT2D eigenvalue weighted by Gasteiger charge is -2.11. The molecule has 0 aliphatic carbocycles. The van der Waals surface area contributed by atoms with E-state index in [0.29, 0.717) is 12.2 Å². The van der Waals surface area contributed by atoms with Crippen molar-refractivity contribution in [3.8, 4) is 11.3 Å². The quantitative estimate of drug-likeness (QED) is 0.484. The highest BCUT2D eigenvalue weighted by Crippen LogP contribution is 2.30. The number of rotatable bonds is 3. The van der Waals surface area contributed by atoms with Gasteiger partial charge in [0.15, 0.2) is 0 Å². The summed E-state index contributed by atoms with van der Waals surface area (Å²) in [5, 5.41) is 3.07. The predicted molar refractivity (Wildman–Crippen MR) is 101 cm³/mol. The number of benzene rings is 3. The largest absolute Gasteiger partial charge is 0.462 e. The van der Waals surface area contributed by atoms with E-state index in [-0.39, 0.29) is 5.97 Å². The third-order valence-corrected chi connectivity index (χ3v) is 4.28. The second-order valence-corrected chi connectivity index (χ2v) is 5.82. The van der Waals surface area contributed by atoms with Gasteiger partial charge < -0.3 is 4.74 Å². The third-order valence-electron chi connectivity index (χ3n) is 4.28. The van der Waals surface area contributed by atoms with Crippen LogP contribution in [0.5, 0.6) is 0 Å². The van der Waals surface area contributed by atoms with Crippen molar-refractivity contribution in [2.75, 3.05) is 6.61 Å². The fraction of sp³-hybridized carbons (Fsp3) is 0.0909. The molecule has 1 aromatic heterocycles. The molecule has 0 spiro atoms. The average molecular weight is 327 g/mol. The molecule has 1 heterocycles. The SMILES string of the molecule is CCOC(=O)c1cc(-c2cccc3ccccc23)nc2ccccc12. The number of hydrogen-bond donors (Lipinski definition) is 0. The van der Waals surface area contributed by atoms with Crippen LogP contribution in [0, 0.1) is 0 Å². The van der Waals surface area contributed by atoms with Crippen LogP contribution in [-0.4, -0.2) is 17.6 Å². The zero-order valence-electron chi connectivity index (χ0n) is 13.9. The van der Waals surface area contributed by atoms with Crippen molar-refractivity contribution in [1.29, 1.82) is 0 Å². The zero-order valence-corrected chi connectivity index (χ0v) is 13.9. The molecule has 122 valence electrons. The minimum Gasteiger partial charge on any atom is -0.462 e. The Morgan fingerprint density at radius 2 is 1.64 bits per heavy atom. The van der Waals surface area contributed by atoms with E-state index in [1.165, 1.54) is 0 Å². The molecule has 3 heteroatoms. The number of pyridine rings is 1. The molecule has 0 saturated heterocycles. The number of aromatic nitrogens is 1. The van der Waals surface area contributed by atoms with Gasteiger partial charge in [-0.05, 0) is 29.8 Å². The summed E-state index contributed by atoms with van der Waals surface area (Å²) in [6.45, 7) is 2.16. The number of ether oxygens (including phenoxy) is 1. The smallest absolute Gasteiger partial charge is 0.338 e. The monoisotopic (exact) mass is 327 g/mol. The van der Waals surface area contributed by atoms with Gasteiger partial charge in [0.25, 0.3) is 0 Å². The van der Waals surface area contributed by atoms with Crippen LogP contribution in [0.15, 0.2) is 72.8 Å². The van der Waals surface area contributed by atoms with Gasteiger partial charge in [-0.15, -0.1) is 0 Å². The topological polar surface area (TPSA) is 39.2 Å². The summed E-state index contributed by atoms with van der Waals surface area (Å²) in [5.41, 5.74) is 3.12. The lowest BCUT2D eigenvalue weighted by Crippen LogP contribution is -2.06. The summed E-state index contributed by atoms with van der Waals surface area (Å²) < 4.78 is 5.25. The van der Waals surface area contributed by atoms with Crippen LogP contribution >= 0.6 is 0 Å². The Bertz CT molecular complexity index is 1080. The molecule has 0 fully saturated rings. The van der Waals surface area contributed by atoms with E-state index in [4.69, 9.17) is 9.72 Å². The van der Waals surface area contributed by atoms with E-state index < -0.39 is 0 Å². The summed E-state index contributed by atoms with van der Waals surface area (Å²) in [7, 11) is 0. The fourth-order valence-corrected chi connectivity index (χ4v) is 3.14. The molecule has 4 rings (SSSR count). The van der Waals surface area contributed by atoms with Gasteiger partial charge in [0, 0.05) is 10.9 Å². The first-order valence-corrected chi connectivity index (χ1v) is 8.33. The Hall–Kier alpha value is -3.20. The molecule has 0 bridgehead atoms. The molecule has 0 saturated carbocycles. The molecule has 3 nitrogen and oxygen atoms in total. The highest BCUT2D eigenvalue weighted by Gasteiger charge is 2.15. The van der Waals surface area contributed by atoms with Crippen molar-refractivity contribution in [2.24, 2.45) is 0 Å². The first kappa shape index (κ1) is 15.3. The maximum absolute atomic E-state index is 12.5. The molecular weight excluding hydrogens is 310 g/mol. The second-order valence-electron chi connectivity index (χ2n) is 5.82. The van der Waals surface area contributed by atoms with Crippen molar-refractivity contribution in [3.63, 3.8) is 0 Å². The van der Waals surface area contributed by atoms with E-state index in [0.717, 1.165) is 32.9 Å². The molecule has 0 unspecified atom stereocenters. The van der Waals surface area contributed by atoms with Crippen molar-refractivity contribution >= 4 is 27.6 Å². The maximum atomic E-state index is 12.5. The van der Waals surface area contributed by atoms with Gasteiger partial charge in [0.1, 0.15) is 0 Å². The van der Waals surface area contributed by atoms with E-state index in [2.05, 4.69) is 18.2 Å². The first-order valence-electron chi connectivity index (χ1n) is 8.33. The lowest BCUT2D eigenvalue weighted by molar-refractivity contribution is 0.0528. The number of fused-ring (bicyclic) bond motifs is 2. The average Bonchev–Trinajstić information content (AvgIpc) is 2.67. The summed E-state index contributed by atoms with van der Waals surface area (Å²) in [4.78, 5) is 17.2. The Balaban J connectivity index is 2.00. The number of nitrogens with zero attached hydrogens (tertiary/aromatic N) is 1. The van der Waals surface area contributed by atoms with E-state index in [9.17, 15) is 4.79 Å². The Morgan fingerprint density at radius 3 is 2.48 bits per heavy atom. The number of carbonyl (C=O) groups excluding carboxylic acids is 1. The summed E-state index contributed by atoms with van der Waals surface area (Å²) in [5.74, 6) is -0.317. The third kappa shape index (κ3) is 2.74. The molecule has 4 aromatic rings. The summed E-state index contributed by atoms with van der Waals surface area (Å²) in [6.07, 6.45) is 0. The molecule has 25 heavy (non-hydrogen) atoms. The minimum absolute atomic E-state index is 0.317. The first-order chi connectivity index (χ1) is 12.3. The van der Waals surface area contributed by atoms with E-state index in [1.807, 2.05) is 61.5 Å². The predicted octanol–water partition coefficient (Wildman–Crippen LogP) is 5.23. The molecule has 0 amide bonds. The fourth-order valence-electron chi connectivity index (χ4n) is 3.14. The van der Waals surface area contributed by atoms with Gasteiger partial charge in [-0.25, -0.2) is 9.78 Å². The van der Waals surface area contributed by atoms with Crippen molar-refractivity contribution in [2.45, 2.75) is 6.92 Å². The zero-order chi connectivity index (χ0) is 17.2. The number of para-hydroxylation sites is 1. The van der Waals surface area contributed by atoms with Gasteiger partial charge in [-0.2, -0.15) is 0 Å². The summed E-state index contributed by atoms with van der Waals surface area (Å²) in [6, 6.07) is 23.8. The van der Waals surface area contributed by atoms with Gasteiger partial charge in [-0.3, -0.25) is 0 Å². The molecule has 0 aliphatic rings. The van der Waals surface area contributed by atoms with E-state index >= 15 is 0 Å². The number of esters is 1. The number of hydrogen-bond acceptors (Lipinski definition) is 3. The Kier molecular flexibility index (Phi) is 3.90. The van der Waals surface area contributed by atoms with Crippen LogP contribution < -0.4 is 0 Å². The molecule has 3 aromatic carbocycles. The summed E-state index contributed by atoms with van der Waals surface area (Å²) >= 11 is 0. The molecule has 0 aliphatic heterocycles. The van der Waals surface area contributed by atoms with Crippen LogP contribution in [0.4, 0.5) is 0 Å². The van der Waals surface area contributed by atoms with Gasteiger partial charge in [0.2, 0.25) is 0 Å². The normalized spacial score (nSPS) is 10.9. The lowest BCUT2D eigenvalue weighted by atomic mass is 9.99. The Morgan fingerprint density at radius 1 is 0.920 bits per heavy atom. The van der Waals surface area contributed by atoms with Crippen molar-refractivity contribution in [3.05, 3.63) is 78.4 Å². The van der Waals surface area contributed by atoms with Crippen LogP contribution in [0.3, 0.4) is 0 Å². The van der Waals surface area contributed by atoms with Gasteiger partial charge >= 0.3 is 5.97 Å². The number of carbonyl (C=O) groups is 1. The van der Waals surface area contributed by atoms with Crippen molar-refractivity contribution in [1.82, 2.24) is 4.98 Å². The van der Waals surface area contributed by atoms with Gasteiger partial charge in [-0.1, -0.05) is 60.7 Å². The maximum Gasteiger partial charge on any atom is 0.338 e. The van der Waals surface area contributed by atoms with E-state index in [1.54, 1.807) is 0 Å². The molecular formula is C22H17NO2. The van der Waals surface area contributed by atoms with Crippen molar-refractivity contribution < 1.29 is 9.53 Å². The highest BCUT2D eigenvalue weighted by atomic mass is 16.5. The second kappa shape index (κ2) is 6.36. The molecule has 0 N–H and O–H groups in total. The van der Waals surface area contributed by atoms with Gasteiger partial charge in [0.05, 0.1) is 23.4 Å². The molecule has 0 radical (unpaired) electrons. The van der Waals surface area contributed by atoms with Crippen LogP contribution in [0.1, 0.15) is 17.3 Å². The van der Waals surface area contributed by atoms with Crippen LogP contribution in [-0.2, 0) is 4.74 Å². The Labute approximate surface area is 145 Å². The minimum atomic E-state index is -0.317. The standard InChI is InChI=1S/C22H17NO2/c1-2-25-22(24)19-14-21(23-20-13-6-5-11-18(19)20)17-12-7-9-15-8-3-4-10-16(15)17/h3-14H,2H2,1H3. The van der Waals surface area contributed by atoms with Crippen LogP contribution in [0.25, 0.3) is 32.9 Å². The molecule has 0 atom stereocenters.